The zero-order valence-electron chi connectivity index (χ0n) is 11.5. The van der Waals surface area contributed by atoms with E-state index < -0.39 is 29.6 Å². The van der Waals surface area contributed by atoms with E-state index in [0.717, 1.165) is 0 Å². The van der Waals surface area contributed by atoms with Crippen LogP contribution in [0.5, 0.6) is 0 Å². The summed E-state index contributed by atoms with van der Waals surface area (Å²) in [6.07, 6.45) is -0.142. The van der Waals surface area contributed by atoms with E-state index in [-0.39, 0.29) is 30.3 Å². The van der Waals surface area contributed by atoms with Gasteiger partial charge in [-0.25, -0.2) is 4.98 Å². The monoisotopic (exact) mass is 309 g/mol. The third kappa shape index (κ3) is 1.72. The van der Waals surface area contributed by atoms with E-state index in [0.29, 0.717) is 6.42 Å². The van der Waals surface area contributed by atoms with Crippen molar-refractivity contribution >= 4 is 17.1 Å². The molecule has 2 bridgehead atoms. The fourth-order valence-electron chi connectivity index (χ4n) is 3.08. The molecule has 4 atom stereocenters. The summed E-state index contributed by atoms with van der Waals surface area (Å²) >= 11 is 0. The number of hydrogen-bond donors (Lipinski definition) is 4. The summed E-state index contributed by atoms with van der Waals surface area (Å²) in [5.41, 5.74) is 4.40. The highest BCUT2D eigenvalue weighted by Gasteiger charge is 2.56. The third-order valence-corrected chi connectivity index (χ3v) is 4.27. The van der Waals surface area contributed by atoms with Crippen LogP contribution in [0.15, 0.2) is 11.1 Å². The molecule has 2 fully saturated rings. The molecular formula is C12H15N5O5. The Balaban J connectivity index is 1.79. The van der Waals surface area contributed by atoms with Crippen molar-refractivity contribution in [2.45, 2.75) is 30.5 Å². The van der Waals surface area contributed by atoms with Crippen LogP contribution < -0.4 is 11.3 Å². The molecule has 4 rings (SSSR count). The molecule has 2 aromatic rings. The first-order chi connectivity index (χ1) is 10.5. The number of nitrogens with one attached hydrogen (secondary N) is 1. The van der Waals surface area contributed by atoms with Crippen molar-refractivity contribution in [2.24, 2.45) is 0 Å². The highest BCUT2D eigenvalue weighted by molar-refractivity contribution is 5.70. The van der Waals surface area contributed by atoms with Gasteiger partial charge in [-0.3, -0.25) is 14.3 Å². The first kappa shape index (κ1) is 13.6. The molecule has 10 nitrogen and oxygen atoms in total. The lowest BCUT2D eigenvalue weighted by Crippen LogP contribution is -2.54. The molecule has 118 valence electrons. The highest BCUT2D eigenvalue weighted by atomic mass is 16.6. The standard InChI is InChI=1S/C12H15N5O5/c13-11-15-9-7(10(20)16-11)14-4-17(9)6-1-5-8(19)12(2-18,22-6)3-21-5/h4-6,8,18-19H,1-3H2,(H3,13,15,16,20)/t5?,6-,8-,12-/m0/s1. The number of fused-ring (bicyclic) bond motifs is 3. The normalized spacial score (nSPS) is 34.4. The number of aromatic nitrogens is 4. The van der Waals surface area contributed by atoms with Gasteiger partial charge in [-0.15, -0.1) is 0 Å². The lowest BCUT2D eigenvalue weighted by Gasteiger charge is -2.39. The van der Waals surface area contributed by atoms with Crippen molar-refractivity contribution in [1.82, 2.24) is 19.5 Å². The first-order valence-electron chi connectivity index (χ1n) is 6.85. The topological polar surface area (TPSA) is 149 Å². The van der Waals surface area contributed by atoms with E-state index in [4.69, 9.17) is 15.2 Å². The van der Waals surface area contributed by atoms with Crippen LogP contribution >= 0.6 is 0 Å². The number of aromatic amines is 1. The smallest absolute Gasteiger partial charge is 0.280 e. The van der Waals surface area contributed by atoms with Gasteiger partial charge >= 0.3 is 0 Å². The summed E-state index contributed by atoms with van der Waals surface area (Å²) in [5, 5.41) is 19.7. The molecular weight excluding hydrogens is 294 g/mol. The molecule has 0 aromatic carbocycles. The summed E-state index contributed by atoms with van der Waals surface area (Å²) in [4.78, 5) is 22.3. The van der Waals surface area contributed by atoms with Gasteiger partial charge in [0.1, 0.15) is 17.9 Å². The Morgan fingerprint density at radius 2 is 2.41 bits per heavy atom. The van der Waals surface area contributed by atoms with Crippen molar-refractivity contribution in [3.63, 3.8) is 0 Å². The Hall–Kier alpha value is -2.01. The second-order valence-corrected chi connectivity index (χ2v) is 5.60. The van der Waals surface area contributed by atoms with E-state index in [1.165, 1.54) is 6.33 Å². The van der Waals surface area contributed by atoms with Crippen molar-refractivity contribution in [3.8, 4) is 0 Å². The number of H-pyrrole nitrogens is 1. The Morgan fingerprint density at radius 3 is 3.18 bits per heavy atom. The van der Waals surface area contributed by atoms with Gasteiger partial charge in [0.25, 0.3) is 5.56 Å². The number of ether oxygens (including phenoxy) is 2. The molecule has 0 spiro atoms. The van der Waals surface area contributed by atoms with E-state index in [1.54, 1.807) is 4.57 Å². The number of aliphatic hydroxyl groups is 2. The Kier molecular flexibility index (Phi) is 2.78. The van der Waals surface area contributed by atoms with Crippen LogP contribution in [0.25, 0.3) is 11.2 Å². The van der Waals surface area contributed by atoms with Crippen LogP contribution in [-0.4, -0.2) is 60.8 Å². The van der Waals surface area contributed by atoms with Gasteiger partial charge in [0.15, 0.2) is 11.2 Å². The molecule has 5 N–H and O–H groups in total. The van der Waals surface area contributed by atoms with E-state index in [9.17, 15) is 15.0 Å². The van der Waals surface area contributed by atoms with Gasteiger partial charge in [0.2, 0.25) is 5.95 Å². The van der Waals surface area contributed by atoms with Crippen molar-refractivity contribution < 1.29 is 19.7 Å². The van der Waals surface area contributed by atoms with Crippen molar-refractivity contribution in [3.05, 3.63) is 16.7 Å². The molecule has 10 heteroatoms. The molecule has 1 unspecified atom stereocenters. The van der Waals surface area contributed by atoms with Gasteiger partial charge < -0.3 is 25.4 Å². The van der Waals surface area contributed by atoms with Crippen LogP contribution in [0, 0.1) is 0 Å². The van der Waals surface area contributed by atoms with Gasteiger partial charge in [-0.1, -0.05) is 0 Å². The van der Waals surface area contributed by atoms with Crippen LogP contribution in [0.4, 0.5) is 5.95 Å². The van der Waals surface area contributed by atoms with Gasteiger partial charge in [0, 0.05) is 6.42 Å². The molecule has 22 heavy (non-hydrogen) atoms. The average molecular weight is 309 g/mol. The Bertz CT molecular complexity index is 788. The van der Waals surface area contributed by atoms with Crippen LogP contribution in [0.2, 0.25) is 0 Å². The maximum Gasteiger partial charge on any atom is 0.280 e. The van der Waals surface area contributed by atoms with E-state index in [1.807, 2.05) is 0 Å². The number of aliphatic hydroxyl groups excluding tert-OH is 2. The Morgan fingerprint density at radius 1 is 1.59 bits per heavy atom. The number of rotatable bonds is 2. The average Bonchev–Trinajstić information content (AvgIpc) is 2.96. The van der Waals surface area contributed by atoms with Crippen molar-refractivity contribution in [2.75, 3.05) is 18.9 Å². The summed E-state index contributed by atoms with van der Waals surface area (Å²) in [7, 11) is 0. The zero-order chi connectivity index (χ0) is 15.5. The predicted molar refractivity (Wildman–Crippen MR) is 72.9 cm³/mol. The van der Waals surface area contributed by atoms with Gasteiger partial charge in [-0.2, -0.15) is 4.98 Å². The SMILES string of the molecule is Nc1nc2c(ncn2[C@@H]2CC3OC[C@](CO)(O2)[C@H]3O)c(=O)[nH]1. The minimum atomic E-state index is -1.17. The summed E-state index contributed by atoms with van der Waals surface area (Å²) < 4.78 is 12.9. The molecule has 4 heterocycles. The molecule has 0 radical (unpaired) electrons. The molecule has 0 aliphatic carbocycles. The van der Waals surface area contributed by atoms with E-state index >= 15 is 0 Å². The maximum atomic E-state index is 11.8. The second-order valence-electron chi connectivity index (χ2n) is 5.60. The highest BCUT2D eigenvalue weighted by Crippen LogP contribution is 2.41. The summed E-state index contributed by atoms with van der Waals surface area (Å²) in [6.45, 7) is -0.265. The fourth-order valence-corrected chi connectivity index (χ4v) is 3.08. The lowest BCUT2D eigenvalue weighted by atomic mass is 9.92. The van der Waals surface area contributed by atoms with Gasteiger partial charge in [0.05, 0.1) is 25.6 Å². The molecule has 2 aliphatic rings. The van der Waals surface area contributed by atoms with Gasteiger partial charge in [-0.05, 0) is 0 Å². The van der Waals surface area contributed by atoms with Crippen molar-refractivity contribution in [1.29, 1.82) is 0 Å². The third-order valence-electron chi connectivity index (χ3n) is 4.27. The quantitative estimate of drug-likeness (QED) is 0.503. The number of anilines is 1. The largest absolute Gasteiger partial charge is 0.393 e. The van der Waals surface area contributed by atoms with Crippen LogP contribution in [-0.2, 0) is 9.47 Å². The molecule has 2 saturated heterocycles. The second kappa shape index (κ2) is 4.49. The minimum absolute atomic E-state index is 0.0220. The molecule has 2 aliphatic heterocycles. The van der Waals surface area contributed by atoms with E-state index in [2.05, 4.69) is 15.0 Å². The molecule has 2 aromatic heterocycles. The number of nitrogens with two attached hydrogens (primary N) is 1. The molecule has 0 amide bonds. The summed E-state index contributed by atoms with van der Waals surface area (Å²) in [6, 6.07) is 0. The van der Waals surface area contributed by atoms with Crippen LogP contribution in [0.3, 0.4) is 0 Å². The summed E-state index contributed by atoms with van der Waals surface area (Å²) in [5.74, 6) is -0.0220. The minimum Gasteiger partial charge on any atom is -0.393 e. The number of imidazole rings is 1. The lowest BCUT2D eigenvalue weighted by molar-refractivity contribution is -0.206. The number of nitrogen functional groups attached to an aromatic ring is 1. The fraction of sp³-hybridized carbons (Fsp3) is 0.583. The Labute approximate surface area is 123 Å². The van der Waals surface area contributed by atoms with Crippen LogP contribution in [0.1, 0.15) is 12.6 Å². The number of hydrogen-bond acceptors (Lipinski definition) is 8. The number of nitrogens with zero attached hydrogens (tertiary/aromatic N) is 3. The first-order valence-corrected chi connectivity index (χ1v) is 6.85. The zero-order valence-corrected chi connectivity index (χ0v) is 11.5. The molecule has 0 saturated carbocycles. The maximum absolute atomic E-state index is 11.8. The predicted octanol–water partition coefficient (Wildman–Crippen LogP) is -1.89.